The third-order valence-corrected chi connectivity index (χ3v) is 8.93. The van der Waals surface area contributed by atoms with E-state index < -0.39 is 0 Å². The van der Waals surface area contributed by atoms with Crippen molar-refractivity contribution < 1.29 is 4.79 Å². The smallest absolute Gasteiger partial charge is 0.166 e. The number of hydrogen-bond acceptors (Lipinski definition) is 2. The highest BCUT2D eigenvalue weighted by molar-refractivity contribution is 5.99. The maximum atomic E-state index is 13.8. The van der Waals surface area contributed by atoms with E-state index >= 15 is 0 Å². The van der Waals surface area contributed by atoms with Gasteiger partial charge in [0, 0.05) is 30.1 Å². The molecule has 0 N–H and O–H groups in total. The van der Waals surface area contributed by atoms with Crippen molar-refractivity contribution in [2.75, 3.05) is 0 Å². The molecule has 2 heteroatoms. The van der Waals surface area contributed by atoms with Gasteiger partial charge in [0.15, 0.2) is 5.78 Å². The van der Waals surface area contributed by atoms with E-state index in [0.717, 1.165) is 24.9 Å². The number of fused-ring (bicyclic) bond motifs is 3. The first-order valence-corrected chi connectivity index (χ1v) is 12.7. The third-order valence-electron chi connectivity index (χ3n) is 8.93. The van der Waals surface area contributed by atoms with E-state index in [4.69, 9.17) is 0 Å². The lowest BCUT2D eigenvalue weighted by Gasteiger charge is -2.42. The molecule has 2 aromatic carbocycles. The average Bonchev–Trinajstić information content (AvgIpc) is 2.98. The van der Waals surface area contributed by atoms with Crippen LogP contribution in [0.15, 0.2) is 42.5 Å². The molecule has 170 valence electrons. The molecule has 0 radical (unpaired) electrons. The molecule has 2 unspecified atom stereocenters. The van der Waals surface area contributed by atoms with Crippen LogP contribution in [-0.2, 0) is 17.4 Å². The summed E-state index contributed by atoms with van der Waals surface area (Å²) in [6, 6.07) is 16.6. The van der Waals surface area contributed by atoms with Gasteiger partial charge in [0.2, 0.25) is 0 Å². The lowest BCUT2D eigenvalue weighted by molar-refractivity contribution is 0.0677. The van der Waals surface area contributed by atoms with Crippen LogP contribution in [0.5, 0.6) is 0 Å². The lowest BCUT2D eigenvalue weighted by atomic mass is 9.62. The number of nitrogens with zero attached hydrogens (tertiary/aromatic N) is 1. The molecule has 0 aromatic heterocycles. The number of carbonyl (C=O) groups is 1. The first kappa shape index (κ1) is 21.9. The summed E-state index contributed by atoms with van der Waals surface area (Å²) in [5, 5.41) is 0. The summed E-state index contributed by atoms with van der Waals surface area (Å²) in [4.78, 5) is 16.5. The van der Waals surface area contributed by atoms with Gasteiger partial charge >= 0.3 is 0 Å². The van der Waals surface area contributed by atoms with E-state index in [1.165, 1.54) is 47.9 Å². The van der Waals surface area contributed by atoms with Crippen molar-refractivity contribution >= 4 is 5.78 Å². The van der Waals surface area contributed by atoms with E-state index in [1.807, 2.05) is 0 Å². The van der Waals surface area contributed by atoms with Crippen molar-refractivity contribution in [3.8, 4) is 0 Å². The average molecular weight is 430 g/mol. The van der Waals surface area contributed by atoms with Crippen LogP contribution in [0.3, 0.4) is 0 Å². The van der Waals surface area contributed by atoms with E-state index in [-0.39, 0.29) is 16.7 Å². The summed E-state index contributed by atoms with van der Waals surface area (Å²) in [6.07, 6.45) is 6.92. The second-order valence-electron chi connectivity index (χ2n) is 12.1. The maximum Gasteiger partial charge on any atom is 0.166 e. The molecule has 2 heterocycles. The third kappa shape index (κ3) is 3.75. The molecule has 2 saturated heterocycles. The van der Waals surface area contributed by atoms with Gasteiger partial charge in [-0.2, -0.15) is 0 Å². The molecule has 2 nitrogen and oxygen atoms in total. The van der Waals surface area contributed by atoms with Crippen LogP contribution < -0.4 is 0 Å². The van der Waals surface area contributed by atoms with Crippen molar-refractivity contribution in [1.82, 2.24) is 4.90 Å². The number of benzene rings is 2. The molecule has 3 aliphatic rings. The Balaban J connectivity index is 1.39. The molecule has 2 aromatic rings. The van der Waals surface area contributed by atoms with Gasteiger partial charge in [0.05, 0.1) is 0 Å². The van der Waals surface area contributed by atoms with Crippen molar-refractivity contribution in [2.45, 2.75) is 103 Å². The quantitative estimate of drug-likeness (QED) is 0.489. The highest BCUT2D eigenvalue weighted by atomic mass is 16.1. The highest BCUT2D eigenvalue weighted by Gasteiger charge is 2.44. The standard InChI is InChI=1S/C30H39NO/c1-20-15-26-27(30(4,5)14-13-29(26,2)3)18-25(20)28(32)22-16-23-11-12-24(17-22)31(23)19-21-9-7-6-8-10-21/h6-10,15,18,22-24H,11-14,16-17,19H2,1-5H3. The fourth-order valence-corrected chi connectivity index (χ4v) is 6.75. The van der Waals surface area contributed by atoms with Crippen molar-refractivity contribution in [2.24, 2.45) is 5.92 Å². The second kappa shape index (κ2) is 7.83. The van der Waals surface area contributed by atoms with Crippen molar-refractivity contribution in [3.05, 3.63) is 70.3 Å². The van der Waals surface area contributed by atoms with Crippen LogP contribution in [-0.4, -0.2) is 22.8 Å². The van der Waals surface area contributed by atoms with Gasteiger partial charge in [0.25, 0.3) is 0 Å². The Morgan fingerprint density at radius 1 is 0.906 bits per heavy atom. The zero-order valence-electron chi connectivity index (χ0n) is 20.6. The summed E-state index contributed by atoms with van der Waals surface area (Å²) in [5.41, 5.74) is 6.77. The van der Waals surface area contributed by atoms with Gasteiger partial charge in [0.1, 0.15) is 0 Å². The second-order valence-corrected chi connectivity index (χ2v) is 12.1. The molecule has 2 fully saturated rings. The molecule has 1 aliphatic carbocycles. The van der Waals surface area contributed by atoms with Crippen LogP contribution in [0.1, 0.15) is 98.8 Å². The van der Waals surface area contributed by atoms with E-state index in [0.29, 0.717) is 17.9 Å². The number of aryl methyl sites for hydroxylation is 1. The Bertz CT molecular complexity index is 1000. The molecule has 0 saturated carbocycles. The predicted octanol–water partition coefficient (Wildman–Crippen LogP) is 6.97. The Kier molecular flexibility index (Phi) is 5.36. The Labute approximate surface area is 194 Å². The minimum atomic E-state index is 0.145. The number of Topliss-reactive ketones (excluding diaryl/α,β-unsaturated/α-hetero) is 1. The lowest BCUT2D eigenvalue weighted by Crippen LogP contribution is -2.44. The Hall–Kier alpha value is -1.93. The normalized spacial score (nSPS) is 28.3. The van der Waals surface area contributed by atoms with E-state index in [9.17, 15) is 4.79 Å². The van der Waals surface area contributed by atoms with Gasteiger partial charge in [-0.1, -0.05) is 64.1 Å². The van der Waals surface area contributed by atoms with Crippen LogP contribution in [0.25, 0.3) is 0 Å². The van der Waals surface area contributed by atoms with Gasteiger partial charge < -0.3 is 0 Å². The number of hydrogen-bond donors (Lipinski definition) is 0. The summed E-state index contributed by atoms with van der Waals surface area (Å²) in [6.45, 7) is 12.6. The fraction of sp³-hybridized carbons (Fsp3) is 0.567. The molecule has 32 heavy (non-hydrogen) atoms. The van der Waals surface area contributed by atoms with Crippen molar-refractivity contribution in [3.63, 3.8) is 0 Å². The van der Waals surface area contributed by atoms with E-state index in [1.54, 1.807) is 0 Å². The maximum absolute atomic E-state index is 13.8. The Morgan fingerprint density at radius 2 is 1.47 bits per heavy atom. The molecule has 2 aliphatic heterocycles. The topological polar surface area (TPSA) is 20.3 Å². The van der Waals surface area contributed by atoms with Crippen LogP contribution >= 0.6 is 0 Å². The first-order valence-electron chi connectivity index (χ1n) is 12.7. The summed E-state index contributed by atoms with van der Waals surface area (Å²) in [5.74, 6) is 0.580. The van der Waals surface area contributed by atoms with Crippen LogP contribution in [0, 0.1) is 12.8 Å². The zero-order chi connectivity index (χ0) is 22.7. The largest absolute Gasteiger partial charge is 0.294 e. The first-order chi connectivity index (χ1) is 15.2. The van der Waals surface area contributed by atoms with Gasteiger partial charge in [-0.3, -0.25) is 9.69 Å². The number of ketones is 1. The fourth-order valence-electron chi connectivity index (χ4n) is 6.75. The molecule has 0 amide bonds. The SMILES string of the molecule is Cc1cc2c(cc1C(=O)C1CC3CCC(C1)N3Cc1ccccc1)C(C)(C)CCC2(C)C. The summed E-state index contributed by atoms with van der Waals surface area (Å²) >= 11 is 0. The van der Waals surface area contributed by atoms with Crippen molar-refractivity contribution in [1.29, 1.82) is 0 Å². The van der Waals surface area contributed by atoms with Gasteiger partial charge in [-0.05, 0) is 84.6 Å². The minimum Gasteiger partial charge on any atom is -0.294 e. The monoisotopic (exact) mass is 429 g/mol. The summed E-state index contributed by atoms with van der Waals surface area (Å²) < 4.78 is 0. The zero-order valence-corrected chi connectivity index (χ0v) is 20.6. The highest BCUT2D eigenvalue weighted by Crippen LogP contribution is 2.47. The molecule has 5 rings (SSSR count). The number of carbonyl (C=O) groups excluding carboxylic acids is 1. The minimum absolute atomic E-state index is 0.145. The number of piperidine rings is 1. The van der Waals surface area contributed by atoms with Gasteiger partial charge in [-0.25, -0.2) is 0 Å². The van der Waals surface area contributed by atoms with Gasteiger partial charge in [-0.15, -0.1) is 0 Å². The van der Waals surface area contributed by atoms with Crippen LogP contribution in [0.2, 0.25) is 0 Å². The molecule has 2 atom stereocenters. The predicted molar refractivity (Wildman–Crippen MR) is 132 cm³/mol. The number of rotatable bonds is 4. The van der Waals surface area contributed by atoms with Crippen LogP contribution in [0.4, 0.5) is 0 Å². The molecule has 2 bridgehead atoms. The summed E-state index contributed by atoms with van der Waals surface area (Å²) in [7, 11) is 0. The molecule has 0 spiro atoms. The molecular weight excluding hydrogens is 390 g/mol. The molecular formula is C30H39NO. The Morgan fingerprint density at radius 3 is 2.06 bits per heavy atom. The van der Waals surface area contributed by atoms with E-state index in [2.05, 4.69) is 82.0 Å².